The van der Waals surface area contributed by atoms with Gasteiger partial charge < -0.3 is 4.74 Å². The molecular weight excluding hydrogens is 344 g/mol. The van der Waals surface area contributed by atoms with Gasteiger partial charge in [-0.3, -0.25) is 15.4 Å². The number of aryl methyl sites for hydroxylation is 1. The largest absolute Gasteiger partial charge is 0.465 e. The molecule has 3 amide bonds. The molecule has 0 aliphatic rings. The number of aromatic nitrogens is 1. The van der Waals surface area contributed by atoms with E-state index in [1.807, 2.05) is 0 Å². The van der Waals surface area contributed by atoms with Crippen molar-refractivity contribution >= 4 is 58.5 Å². The summed E-state index contributed by atoms with van der Waals surface area (Å²) in [5.74, 6) is -1.94. The smallest absolute Gasteiger partial charge is 0.341 e. The van der Waals surface area contributed by atoms with Gasteiger partial charge >= 0.3 is 12.0 Å². The minimum atomic E-state index is -2.29. The van der Waals surface area contributed by atoms with Crippen molar-refractivity contribution in [3.05, 3.63) is 23.4 Å². The lowest BCUT2D eigenvalue weighted by Crippen LogP contribution is -2.41. The molecule has 0 fully saturated rings. The van der Waals surface area contributed by atoms with Crippen LogP contribution in [0.25, 0.3) is 0 Å². The summed E-state index contributed by atoms with van der Waals surface area (Å²) in [6.07, 6.45) is 1.42. The van der Waals surface area contributed by atoms with Crippen LogP contribution in [0.2, 0.25) is 0 Å². The lowest BCUT2D eigenvalue weighted by atomic mass is 10.2. The molecule has 2 N–H and O–H groups in total. The molecule has 1 heterocycles. The Labute approximate surface area is 134 Å². The van der Waals surface area contributed by atoms with Gasteiger partial charge in [0.05, 0.1) is 7.11 Å². The fraction of sp³-hybridized carbons (Fsp3) is 0.273. The number of carbonyl (C=O) groups is 3. The molecule has 0 unspecified atom stereocenters. The first kappa shape index (κ1) is 17.5. The van der Waals surface area contributed by atoms with Crippen LogP contribution in [-0.4, -0.2) is 33.8 Å². The van der Waals surface area contributed by atoms with Gasteiger partial charge in [-0.25, -0.2) is 14.6 Å². The van der Waals surface area contributed by atoms with Crippen LogP contribution in [-0.2, 0) is 9.53 Å². The number of ether oxygens (including phenoxy) is 1. The highest BCUT2D eigenvalue weighted by atomic mass is 35.6. The van der Waals surface area contributed by atoms with Crippen LogP contribution >= 0.6 is 34.8 Å². The maximum atomic E-state index is 11.6. The molecule has 0 saturated carbocycles. The third kappa shape index (κ3) is 5.04. The second-order valence-electron chi connectivity index (χ2n) is 3.81. The Hall–Kier alpha value is -1.57. The molecule has 0 spiro atoms. The maximum Gasteiger partial charge on any atom is 0.341 e. The first-order chi connectivity index (χ1) is 9.65. The van der Waals surface area contributed by atoms with E-state index in [1.165, 1.54) is 19.4 Å². The summed E-state index contributed by atoms with van der Waals surface area (Å²) in [7, 11) is 1.18. The molecule has 0 aromatic carbocycles. The zero-order valence-corrected chi connectivity index (χ0v) is 13.1. The van der Waals surface area contributed by atoms with Crippen LogP contribution in [0.15, 0.2) is 12.3 Å². The van der Waals surface area contributed by atoms with Crippen molar-refractivity contribution in [1.29, 1.82) is 0 Å². The zero-order chi connectivity index (χ0) is 16.2. The first-order valence-corrected chi connectivity index (χ1v) is 6.52. The van der Waals surface area contributed by atoms with E-state index in [0.29, 0.717) is 5.56 Å². The number of methoxy groups -OCH3 is 1. The Kier molecular flexibility index (Phi) is 5.77. The number of nitrogens with zero attached hydrogens (tertiary/aromatic N) is 1. The van der Waals surface area contributed by atoms with Gasteiger partial charge in [0.25, 0.3) is 9.70 Å². The lowest BCUT2D eigenvalue weighted by molar-refractivity contribution is -0.119. The van der Waals surface area contributed by atoms with Gasteiger partial charge in [-0.2, -0.15) is 0 Å². The SMILES string of the molecule is COC(=O)c1cc(C)cnc1NC(=O)NC(=O)C(Cl)(Cl)Cl. The van der Waals surface area contributed by atoms with Gasteiger partial charge in [0.2, 0.25) is 0 Å². The molecule has 0 saturated heterocycles. The molecule has 21 heavy (non-hydrogen) atoms. The number of pyridine rings is 1. The molecule has 0 aliphatic heterocycles. The number of amides is 3. The molecule has 0 atom stereocenters. The number of halogens is 3. The quantitative estimate of drug-likeness (QED) is 0.627. The Bertz CT molecular complexity index is 587. The summed E-state index contributed by atoms with van der Waals surface area (Å²) in [6.45, 7) is 1.70. The average molecular weight is 355 g/mol. The molecular formula is C11H10Cl3N3O4. The van der Waals surface area contributed by atoms with Gasteiger partial charge in [0.15, 0.2) is 0 Å². The fourth-order valence-electron chi connectivity index (χ4n) is 1.25. The van der Waals surface area contributed by atoms with Crippen LogP contribution < -0.4 is 10.6 Å². The van der Waals surface area contributed by atoms with E-state index >= 15 is 0 Å². The number of urea groups is 1. The molecule has 114 valence electrons. The van der Waals surface area contributed by atoms with Gasteiger partial charge in [-0.05, 0) is 18.6 Å². The molecule has 0 aliphatic carbocycles. The Morgan fingerprint density at radius 2 is 1.90 bits per heavy atom. The molecule has 0 radical (unpaired) electrons. The Morgan fingerprint density at radius 1 is 1.29 bits per heavy atom. The second-order valence-corrected chi connectivity index (χ2v) is 6.09. The summed E-state index contributed by atoms with van der Waals surface area (Å²) >= 11 is 15.9. The summed E-state index contributed by atoms with van der Waals surface area (Å²) in [4.78, 5) is 38.4. The minimum Gasteiger partial charge on any atom is -0.465 e. The number of anilines is 1. The standard InChI is InChI=1S/C11H10Cl3N3O4/c1-5-3-6(8(18)21-2)7(15-4-5)16-10(20)17-9(19)11(12,13)14/h3-4H,1-2H3,(H2,15,16,17,19,20). The molecule has 10 heteroatoms. The molecule has 1 aromatic rings. The fourth-order valence-corrected chi connectivity index (χ4v) is 1.39. The number of carbonyl (C=O) groups excluding carboxylic acids is 3. The van der Waals surface area contributed by atoms with Crippen LogP contribution in [0.5, 0.6) is 0 Å². The summed E-state index contributed by atoms with van der Waals surface area (Å²) in [5.41, 5.74) is 0.702. The van der Waals surface area contributed by atoms with Gasteiger partial charge in [0, 0.05) is 6.20 Å². The van der Waals surface area contributed by atoms with Crippen molar-refractivity contribution in [1.82, 2.24) is 10.3 Å². The topological polar surface area (TPSA) is 97.4 Å². The normalized spacial score (nSPS) is 10.7. The van der Waals surface area contributed by atoms with E-state index in [4.69, 9.17) is 34.8 Å². The first-order valence-electron chi connectivity index (χ1n) is 5.39. The van der Waals surface area contributed by atoms with Gasteiger partial charge in [-0.15, -0.1) is 0 Å². The number of hydrogen-bond acceptors (Lipinski definition) is 5. The number of rotatable bonds is 2. The third-order valence-corrected chi connectivity index (χ3v) is 2.66. The highest BCUT2D eigenvalue weighted by molar-refractivity contribution is 6.76. The maximum absolute atomic E-state index is 11.6. The third-order valence-electron chi connectivity index (χ3n) is 2.15. The van der Waals surface area contributed by atoms with Crippen LogP contribution in [0.3, 0.4) is 0 Å². The number of nitrogens with one attached hydrogen (secondary N) is 2. The predicted molar refractivity (Wildman–Crippen MR) is 77.8 cm³/mol. The molecule has 1 rings (SSSR count). The van der Waals surface area contributed by atoms with Crippen molar-refractivity contribution in [2.45, 2.75) is 10.7 Å². The number of alkyl halides is 3. The van der Waals surface area contributed by atoms with Gasteiger partial charge in [-0.1, -0.05) is 34.8 Å². The van der Waals surface area contributed by atoms with Crippen molar-refractivity contribution in [3.63, 3.8) is 0 Å². The number of esters is 1. The van der Waals surface area contributed by atoms with E-state index in [1.54, 1.807) is 12.2 Å². The highest BCUT2D eigenvalue weighted by Crippen LogP contribution is 2.25. The summed E-state index contributed by atoms with van der Waals surface area (Å²) < 4.78 is 2.28. The van der Waals surface area contributed by atoms with Crippen molar-refractivity contribution in [2.24, 2.45) is 0 Å². The second kappa shape index (κ2) is 6.93. The predicted octanol–water partition coefficient (Wildman–Crippen LogP) is 2.19. The summed E-state index contributed by atoms with van der Waals surface area (Å²) in [6, 6.07) is 0.457. The average Bonchev–Trinajstić information content (AvgIpc) is 2.38. The van der Waals surface area contributed by atoms with Crippen LogP contribution in [0.1, 0.15) is 15.9 Å². The van der Waals surface area contributed by atoms with E-state index in [0.717, 1.165) is 0 Å². The molecule has 7 nitrogen and oxygen atoms in total. The minimum absolute atomic E-state index is 0.0222. The summed E-state index contributed by atoms with van der Waals surface area (Å²) in [5, 5.41) is 3.99. The number of hydrogen-bond donors (Lipinski definition) is 2. The van der Waals surface area contributed by atoms with Crippen LogP contribution in [0, 0.1) is 6.92 Å². The van der Waals surface area contributed by atoms with Gasteiger partial charge in [0.1, 0.15) is 11.4 Å². The van der Waals surface area contributed by atoms with Crippen LogP contribution in [0.4, 0.5) is 10.6 Å². The lowest BCUT2D eigenvalue weighted by Gasteiger charge is -2.12. The van der Waals surface area contributed by atoms with E-state index in [2.05, 4.69) is 15.0 Å². The molecule has 1 aromatic heterocycles. The number of imide groups is 1. The van der Waals surface area contributed by atoms with Crippen molar-refractivity contribution < 1.29 is 19.1 Å². The monoisotopic (exact) mass is 353 g/mol. The van der Waals surface area contributed by atoms with E-state index in [-0.39, 0.29) is 11.4 Å². The van der Waals surface area contributed by atoms with E-state index in [9.17, 15) is 14.4 Å². The van der Waals surface area contributed by atoms with Crippen molar-refractivity contribution in [3.8, 4) is 0 Å². The molecule has 0 bridgehead atoms. The highest BCUT2D eigenvalue weighted by Gasteiger charge is 2.32. The van der Waals surface area contributed by atoms with Crippen molar-refractivity contribution in [2.75, 3.05) is 12.4 Å². The zero-order valence-electron chi connectivity index (χ0n) is 10.9. The Morgan fingerprint density at radius 3 is 2.43 bits per heavy atom. The van der Waals surface area contributed by atoms with E-state index < -0.39 is 21.7 Å². The Balaban J connectivity index is 2.91.